The van der Waals surface area contributed by atoms with Crippen LogP contribution in [0.25, 0.3) is 22.6 Å². The molecule has 0 saturated carbocycles. The highest BCUT2D eigenvalue weighted by atomic mass is 16.4. The standard InChI is InChI=1S/C20H22N6O2/c1-25-18(13-4-2-12(3-5-13)17(21)22)23-15-6-7-16(24-19(15)25)26-10-8-14(9-11-26)20(27)28/h2-7,14H,8-11H2,1H3,(H3,21,22)(H,27,28). The lowest BCUT2D eigenvalue weighted by Crippen LogP contribution is -2.36. The predicted molar refractivity (Wildman–Crippen MR) is 108 cm³/mol. The largest absolute Gasteiger partial charge is 0.481 e. The molecule has 0 unspecified atom stereocenters. The molecule has 4 rings (SSSR count). The Morgan fingerprint density at radius 1 is 1.14 bits per heavy atom. The third-order valence-electron chi connectivity index (χ3n) is 5.32. The monoisotopic (exact) mass is 378 g/mol. The van der Waals surface area contributed by atoms with E-state index in [1.54, 1.807) is 0 Å². The second kappa shape index (κ2) is 6.95. The van der Waals surface area contributed by atoms with Gasteiger partial charge in [0.2, 0.25) is 0 Å². The average Bonchev–Trinajstić information content (AvgIpc) is 3.04. The van der Waals surface area contributed by atoms with Crippen molar-refractivity contribution in [3.05, 3.63) is 42.0 Å². The van der Waals surface area contributed by atoms with E-state index in [2.05, 4.69) is 4.90 Å². The Hall–Kier alpha value is -3.42. The number of rotatable bonds is 4. The van der Waals surface area contributed by atoms with Crippen LogP contribution >= 0.6 is 0 Å². The van der Waals surface area contributed by atoms with E-state index in [4.69, 9.17) is 26.2 Å². The van der Waals surface area contributed by atoms with Crippen LogP contribution in [0.3, 0.4) is 0 Å². The number of carboxylic acid groups (broad SMARTS) is 1. The summed E-state index contributed by atoms with van der Waals surface area (Å²) in [4.78, 5) is 22.8. The number of fused-ring (bicyclic) bond motifs is 1. The molecule has 1 aromatic carbocycles. The maximum Gasteiger partial charge on any atom is 0.306 e. The van der Waals surface area contributed by atoms with E-state index in [9.17, 15) is 4.79 Å². The summed E-state index contributed by atoms with van der Waals surface area (Å²) >= 11 is 0. The first-order valence-corrected chi connectivity index (χ1v) is 9.20. The minimum Gasteiger partial charge on any atom is -0.481 e. The van der Waals surface area contributed by atoms with E-state index < -0.39 is 5.97 Å². The summed E-state index contributed by atoms with van der Waals surface area (Å²) in [7, 11) is 1.93. The Morgan fingerprint density at radius 3 is 2.43 bits per heavy atom. The molecule has 8 nitrogen and oxygen atoms in total. The quantitative estimate of drug-likeness (QED) is 0.473. The number of carboxylic acids is 1. The molecule has 0 aliphatic carbocycles. The molecule has 28 heavy (non-hydrogen) atoms. The highest BCUT2D eigenvalue weighted by Crippen LogP contribution is 2.27. The zero-order valence-corrected chi connectivity index (χ0v) is 15.6. The number of aliphatic carboxylic acids is 1. The Balaban J connectivity index is 1.63. The van der Waals surface area contributed by atoms with Crippen molar-refractivity contribution in [2.75, 3.05) is 18.0 Å². The first-order chi connectivity index (χ1) is 13.4. The third kappa shape index (κ3) is 3.17. The lowest BCUT2D eigenvalue weighted by molar-refractivity contribution is -0.142. The van der Waals surface area contributed by atoms with Crippen LogP contribution in [-0.4, -0.2) is 44.5 Å². The van der Waals surface area contributed by atoms with E-state index >= 15 is 0 Å². The number of carbonyl (C=O) groups is 1. The number of nitrogen functional groups attached to an aromatic ring is 1. The second-order valence-corrected chi connectivity index (χ2v) is 7.10. The molecule has 144 valence electrons. The molecule has 0 bridgehead atoms. The van der Waals surface area contributed by atoms with Gasteiger partial charge in [-0.15, -0.1) is 0 Å². The van der Waals surface area contributed by atoms with Crippen molar-refractivity contribution in [1.29, 1.82) is 5.41 Å². The minimum absolute atomic E-state index is 0.0366. The van der Waals surface area contributed by atoms with Gasteiger partial charge >= 0.3 is 5.97 Å². The number of anilines is 1. The Kier molecular flexibility index (Phi) is 4.46. The number of aryl methyl sites for hydroxylation is 1. The molecule has 0 radical (unpaired) electrons. The van der Waals surface area contributed by atoms with Crippen LogP contribution in [0.4, 0.5) is 5.82 Å². The van der Waals surface area contributed by atoms with Crippen LogP contribution in [0.15, 0.2) is 36.4 Å². The summed E-state index contributed by atoms with van der Waals surface area (Å²) in [5.41, 5.74) is 8.70. The molecule has 4 N–H and O–H groups in total. The number of piperidine rings is 1. The lowest BCUT2D eigenvalue weighted by atomic mass is 9.97. The van der Waals surface area contributed by atoms with Crippen LogP contribution in [0, 0.1) is 11.3 Å². The van der Waals surface area contributed by atoms with Crippen molar-refractivity contribution in [2.24, 2.45) is 18.7 Å². The number of benzene rings is 1. The maximum atomic E-state index is 11.1. The van der Waals surface area contributed by atoms with Gasteiger partial charge in [-0.25, -0.2) is 9.97 Å². The molecular formula is C20H22N6O2. The Labute approximate surface area is 162 Å². The van der Waals surface area contributed by atoms with Crippen molar-refractivity contribution in [3.63, 3.8) is 0 Å². The first-order valence-electron chi connectivity index (χ1n) is 9.20. The second-order valence-electron chi connectivity index (χ2n) is 7.10. The summed E-state index contributed by atoms with van der Waals surface area (Å²) in [6.45, 7) is 1.37. The summed E-state index contributed by atoms with van der Waals surface area (Å²) in [6, 6.07) is 11.3. The van der Waals surface area contributed by atoms with Crippen LogP contribution in [0.5, 0.6) is 0 Å². The van der Waals surface area contributed by atoms with Gasteiger partial charge in [0, 0.05) is 31.3 Å². The Morgan fingerprint density at radius 2 is 1.82 bits per heavy atom. The fourth-order valence-electron chi connectivity index (χ4n) is 3.64. The Bertz CT molecular complexity index is 1050. The molecule has 8 heteroatoms. The third-order valence-corrected chi connectivity index (χ3v) is 5.32. The molecule has 3 heterocycles. The zero-order valence-electron chi connectivity index (χ0n) is 15.6. The molecule has 0 spiro atoms. The highest BCUT2D eigenvalue weighted by Gasteiger charge is 2.25. The first kappa shape index (κ1) is 18.0. The van der Waals surface area contributed by atoms with Crippen LogP contribution in [0.2, 0.25) is 0 Å². The van der Waals surface area contributed by atoms with Gasteiger partial charge in [0.05, 0.1) is 5.92 Å². The topological polar surface area (TPSA) is 121 Å². The van der Waals surface area contributed by atoms with Gasteiger partial charge in [-0.3, -0.25) is 10.2 Å². The maximum absolute atomic E-state index is 11.1. The summed E-state index contributed by atoms with van der Waals surface area (Å²) in [6.07, 6.45) is 1.27. The van der Waals surface area contributed by atoms with E-state index in [0.29, 0.717) is 31.5 Å². The van der Waals surface area contributed by atoms with E-state index in [-0.39, 0.29) is 11.8 Å². The number of hydrogen-bond donors (Lipinski definition) is 3. The van der Waals surface area contributed by atoms with E-state index in [1.807, 2.05) is 48.0 Å². The van der Waals surface area contributed by atoms with Gasteiger partial charge < -0.3 is 20.3 Å². The number of pyridine rings is 1. The number of nitrogens with one attached hydrogen (secondary N) is 1. The van der Waals surface area contributed by atoms with Gasteiger partial charge in [-0.05, 0) is 25.0 Å². The van der Waals surface area contributed by atoms with Crippen molar-refractivity contribution in [1.82, 2.24) is 14.5 Å². The average molecular weight is 378 g/mol. The van der Waals surface area contributed by atoms with E-state index in [0.717, 1.165) is 28.4 Å². The zero-order chi connectivity index (χ0) is 19.8. The van der Waals surface area contributed by atoms with Gasteiger partial charge in [-0.2, -0.15) is 0 Å². The number of aromatic nitrogens is 3. The van der Waals surface area contributed by atoms with Crippen LogP contribution in [-0.2, 0) is 11.8 Å². The normalized spacial score (nSPS) is 15.1. The fraction of sp³-hybridized carbons (Fsp3) is 0.300. The molecule has 0 atom stereocenters. The number of imidazole rings is 1. The van der Waals surface area contributed by atoms with Crippen molar-refractivity contribution in [2.45, 2.75) is 12.8 Å². The van der Waals surface area contributed by atoms with Gasteiger partial charge in [0.1, 0.15) is 23.0 Å². The summed E-state index contributed by atoms with van der Waals surface area (Å²) < 4.78 is 1.95. The van der Waals surface area contributed by atoms with Crippen molar-refractivity contribution < 1.29 is 9.90 Å². The van der Waals surface area contributed by atoms with Crippen LogP contribution < -0.4 is 10.6 Å². The van der Waals surface area contributed by atoms with E-state index in [1.165, 1.54) is 0 Å². The lowest BCUT2D eigenvalue weighted by Gasteiger charge is -2.30. The molecule has 1 fully saturated rings. The summed E-state index contributed by atoms with van der Waals surface area (Å²) in [5.74, 6) is 0.697. The van der Waals surface area contributed by atoms with Gasteiger partial charge in [0.15, 0.2) is 5.65 Å². The highest BCUT2D eigenvalue weighted by molar-refractivity contribution is 5.95. The van der Waals surface area contributed by atoms with Gasteiger partial charge in [-0.1, -0.05) is 24.3 Å². The summed E-state index contributed by atoms with van der Waals surface area (Å²) in [5, 5.41) is 16.7. The molecule has 1 saturated heterocycles. The number of amidine groups is 1. The number of nitrogens with two attached hydrogens (primary N) is 1. The fourth-order valence-corrected chi connectivity index (χ4v) is 3.64. The molecule has 1 aliphatic heterocycles. The SMILES string of the molecule is Cn1c(-c2ccc(C(=N)N)cc2)nc2ccc(N3CCC(C(=O)O)CC3)nc21. The van der Waals surface area contributed by atoms with Crippen molar-refractivity contribution in [3.8, 4) is 11.4 Å². The van der Waals surface area contributed by atoms with Gasteiger partial charge in [0.25, 0.3) is 0 Å². The minimum atomic E-state index is -0.713. The smallest absolute Gasteiger partial charge is 0.306 e. The molecule has 2 aromatic heterocycles. The molecular weight excluding hydrogens is 356 g/mol. The van der Waals surface area contributed by atoms with Crippen molar-refractivity contribution >= 4 is 28.8 Å². The predicted octanol–water partition coefficient (Wildman–Crippen LogP) is 2.22. The van der Waals surface area contributed by atoms with Crippen LogP contribution in [0.1, 0.15) is 18.4 Å². The number of hydrogen-bond acceptors (Lipinski definition) is 5. The number of nitrogens with zero attached hydrogens (tertiary/aromatic N) is 4. The molecule has 0 amide bonds. The molecule has 1 aliphatic rings. The molecule has 3 aromatic rings.